The summed E-state index contributed by atoms with van der Waals surface area (Å²) in [6, 6.07) is 21.4. The molecule has 0 radical (unpaired) electrons. The zero-order valence-electron chi connectivity index (χ0n) is 13.1. The maximum Gasteiger partial charge on any atom is 0.0367 e. The Hall–Kier alpha value is -1.84. The van der Waals surface area contributed by atoms with E-state index < -0.39 is 0 Å². The van der Waals surface area contributed by atoms with Gasteiger partial charge in [-0.25, -0.2) is 0 Å². The largest absolute Gasteiger partial charge is 0.369 e. The molecule has 0 amide bonds. The molecule has 2 N–H and O–H groups in total. The molecule has 1 aliphatic heterocycles. The third kappa shape index (κ3) is 4.09. The van der Waals surface area contributed by atoms with E-state index in [9.17, 15) is 0 Å². The van der Waals surface area contributed by atoms with Crippen LogP contribution in [0, 0.1) is 0 Å². The van der Waals surface area contributed by atoms with Crippen LogP contribution in [0.3, 0.4) is 0 Å². The number of benzene rings is 2. The van der Waals surface area contributed by atoms with E-state index in [1.165, 1.54) is 11.3 Å². The molecule has 0 unspecified atom stereocenters. The Bertz CT molecular complexity index is 547. The van der Waals surface area contributed by atoms with Crippen LogP contribution in [0.5, 0.6) is 0 Å². The first-order chi connectivity index (χ1) is 10.8. The molecule has 3 rings (SSSR count). The smallest absolute Gasteiger partial charge is 0.0367 e. The molecule has 0 spiro atoms. The Morgan fingerprint density at radius 3 is 2.05 bits per heavy atom. The summed E-state index contributed by atoms with van der Waals surface area (Å²) in [5.74, 6) is 0. The first-order valence-corrected chi connectivity index (χ1v) is 8.13. The number of piperazine rings is 1. The molecular weight excluding hydrogens is 270 g/mol. The predicted octanol–water partition coefficient (Wildman–Crippen LogP) is 2.38. The number of para-hydroxylation sites is 1. The van der Waals surface area contributed by atoms with Gasteiger partial charge in [-0.15, -0.1) is 0 Å². The van der Waals surface area contributed by atoms with E-state index in [2.05, 4.69) is 70.5 Å². The van der Waals surface area contributed by atoms with Crippen LogP contribution in [0.25, 0.3) is 0 Å². The molecule has 3 nitrogen and oxygen atoms in total. The summed E-state index contributed by atoms with van der Waals surface area (Å²) in [6.07, 6.45) is 0.958. The van der Waals surface area contributed by atoms with Gasteiger partial charge in [-0.3, -0.25) is 4.90 Å². The summed E-state index contributed by atoms with van der Waals surface area (Å²) in [6.45, 7) is 5.34. The van der Waals surface area contributed by atoms with E-state index in [4.69, 9.17) is 5.73 Å². The SMILES string of the molecule is N[C@@H](Cc1ccccc1)CN1CCN(c2ccccc2)CC1. The second-order valence-corrected chi connectivity index (χ2v) is 6.07. The van der Waals surface area contributed by atoms with E-state index >= 15 is 0 Å². The summed E-state index contributed by atoms with van der Waals surface area (Å²) in [4.78, 5) is 4.95. The summed E-state index contributed by atoms with van der Waals surface area (Å²) in [5, 5.41) is 0. The lowest BCUT2D eigenvalue weighted by atomic mass is 10.1. The van der Waals surface area contributed by atoms with Crippen molar-refractivity contribution < 1.29 is 0 Å². The summed E-state index contributed by atoms with van der Waals surface area (Å²) in [5.41, 5.74) is 8.99. The van der Waals surface area contributed by atoms with Crippen molar-refractivity contribution in [2.45, 2.75) is 12.5 Å². The van der Waals surface area contributed by atoms with E-state index in [0.717, 1.165) is 39.1 Å². The van der Waals surface area contributed by atoms with Gasteiger partial charge >= 0.3 is 0 Å². The molecule has 2 aromatic carbocycles. The zero-order chi connectivity index (χ0) is 15.2. The second kappa shape index (κ2) is 7.43. The van der Waals surface area contributed by atoms with Crippen molar-refractivity contribution in [3.63, 3.8) is 0 Å². The number of anilines is 1. The summed E-state index contributed by atoms with van der Waals surface area (Å²) >= 11 is 0. The zero-order valence-corrected chi connectivity index (χ0v) is 13.1. The molecule has 0 bridgehead atoms. The quantitative estimate of drug-likeness (QED) is 0.919. The van der Waals surface area contributed by atoms with Crippen LogP contribution in [-0.2, 0) is 6.42 Å². The average molecular weight is 295 g/mol. The van der Waals surface area contributed by atoms with Crippen LogP contribution < -0.4 is 10.6 Å². The minimum atomic E-state index is 0.214. The van der Waals surface area contributed by atoms with Gasteiger partial charge < -0.3 is 10.6 Å². The lowest BCUT2D eigenvalue weighted by Gasteiger charge is -2.37. The third-order valence-electron chi connectivity index (χ3n) is 4.33. The fraction of sp³-hybridized carbons (Fsp3) is 0.368. The molecule has 1 aliphatic rings. The van der Waals surface area contributed by atoms with Crippen molar-refractivity contribution >= 4 is 5.69 Å². The molecule has 0 saturated carbocycles. The lowest BCUT2D eigenvalue weighted by Crippen LogP contribution is -2.50. The first-order valence-electron chi connectivity index (χ1n) is 8.13. The molecule has 1 fully saturated rings. The molecule has 1 atom stereocenters. The molecule has 1 saturated heterocycles. The highest BCUT2D eigenvalue weighted by atomic mass is 15.3. The molecule has 116 valence electrons. The molecule has 0 aromatic heterocycles. The van der Waals surface area contributed by atoms with Crippen LogP contribution >= 0.6 is 0 Å². The highest BCUT2D eigenvalue weighted by Gasteiger charge is 2.18. The van der Waals surface area contributed by atoms with Gasteiger partial charge in [-0.05, 0) is 24.1 Å². The summed E-state index contributed by atoms with van der Waals surface area (Å²) in [7, 11) is 0. The van der Waals surface area contributed by atoms with E-state index in [-0.39, 0.29) is 6.04 Å². The Balaban J connectivity index is 1.46. The maximum atomic E-state index is 6.33. The normalized spacial score (nSPS) is 17.4. The van der Waals surface area contributed by atoms with Crippen molar-refractivity contribution in [3.8, 4) is 0 Å². The van der Waals surface area contributed by atoms with E-state index in [0.29, 0.717) is 0 Å². The van der Waals surface area contributed by atoms with Crippen LogP contribution in [0.2, 0.25) is 0 Å². The Kier molecular flexibility index (Phi) is 5.09. The molecule has 22 heavy (non-hydrogen) atoms. The predicted molar refractivity (Wildman–Crippen MR) is 93.2 cm³/mol. The maximum absolute atomic E-state index is 6.33. The standard InChI is InChI=1S/C19H25N3/c20-18(15-17-7-3-1-4-8-17)16-21-11-13-22(14-12-21)19-9-5-2-6-10-19/h1-10,18H,11-16,20H2/t18-/m0/s1. The first kappa shape index (κ1) is 15.1. The lowest BCUT2D eigenvalue weighted by molar-refractivity contribution is 0.242. The number of hydrogen-bond donors (Lipinski definition) is 1. The Labute approximate surface area is 133 Å². The van der Waals surface area contributed by atoms with Gasteiger partial charge in [0.1, 0.15) is 0 Å². The molecule has 2 aromatic rings. The highest BCUT2D eigenvalue weighted by Crippen LogP contribution is 2.15. The number of nitrogens with two attached hydrogens (primary N) is 1. The minimum Gasteiger partial charge on any atom is -0.369 e. The fourth-order valence-electron chi connectivity index (χ4n) is 3.14. The molecule has 0 aliphatic carbocycles. The molecule has 3 heteroatoms. The van der Waals surface area contributed by atoms with Crippen molar-refractivity contribution in [1.29, 1.82) is 0 Å². The Morgan fingerprint density at radius 1 is 0.818 bits per heavy atom. The van der Waals surface area contributed by atoms with Gasteiger partial charge in [-0.1, -0.05) is 48.5 Å². The molecule has 1 heterocycles. The van der Waals surface area contributed by atoms with Gasteiger partial charge in [0.05, 0.1) is 0 Å². The van der Waals surface area contributed by atoms with Gasteiger partial charge in [0.25, 0.3) is 0 Å². The van der Waals surface area contributed by atoms with Gasteiger partial charge in [0.2, 0.25) is 0 Å². The highest BCUT2D eigenvalue weighted by molar-refractivity contribution is 5.46. The van der Waals surface area contributed by atoms with Gasteiger partial charge in [0.15, 0.2) is 0 Å². The summed E-state index contributed by atoms with van der Waals surface area (Å²) < 4.78 is 0. The second-order valence-electron chi connectivity index (χ2n) is 6.07. The van der Waals surface area contributed by atoms with Crippen molar-refractivity contribution in [2.75, 3.05) is 37.6 Å². The number of rotatable bonds is 5. The van der Waals surface area contributed by atoms with Crippen LogP contribution in [0.1, 0.15) is 5.56 Å². The molecular formula is C19H25N3. The van der Waals surface area contributed by atoms with Crippen LogP contribution in [0.15, 0.2) is 60.7 Å². The van der Waals surface area contributed by atoms with Crippen LogP contribution in [-0.4, -0.2) is 43.7 Å². The Morgan fingerprint density at radius 2 is 1.41 bits per heavy atom. The van der Waals surface area contributed by atoms with Crippen molar-refractivity contribution in [2.24, 2.45) is 5.73 Å². The fourth-order valence-corrected chi connectivity index (χ4v) is 3.14. The van der Waals surface area contributed by atoms with Gasteiger partial charge in [0, 0.05) is 44.5 Å². The number of nitrogens with zero attached hydrogens (tertiary/aromatic N) is 2. The minimum absolute atomic E-state index is 0.214. The van der Waals surface area contributed by atoms with E-state index in [1.54, 1.807) is 0 Å². The van der Waals surface area contributed by atoms with Gasteiger partial charge in [-0.2, -0.15) is 0 Å². The van der Waals surface area contributed by atoms with E-state index in [1.807, 2.05) is 0 Å². The number of hydrogen-bond acceptors (Lipinski definition) is 3. The topological polar surface area (TPSA) is 32.5 Å². The van der Waals surface area contributed by atoms with Crippen molar-refractivity contribution in [3.05, 3.63) is 66.2 Å². The average Bonchev–Trinajstić information content (AvgIpc) is 2.57. The monoisotopic (exact) mass is 295 g/mol. The van der Waals surface area contributed by atoms with Crippen molar-refractivity contribution in [1.82, 2.24) is 4.90 Å². The third-order valence-corrected chi connectivity index (χ3v) is 4.33. The van der Waals surface area contributed by atoms with Crippen LogP contribution in [0.4, 0.5) is 5.69 Å².